The molecule has 0 aromatic carbocycles. The molecule has 3 rings (SSSR count). The highest BCUT2D eigenvalue weighted by molar-refractivity contribution is 5.93. The second-order valence-corrected chi connectivity index (χ2v) is 10.9. The van der Waals surface area contributed by atoms with Gasteiger partial charge in [0.25, 0.3) is 0 Å². The van der Waals surface area contributed by atoms with E-state index in [0.717, 1.165) is 5.57 Å². The highest BCUT2D eigenvalue weighted by atomic mass is 35.5. The fourth-order valence-corrected chi connectivity index (χ4v) is 6.03. The van der Waals surface area contributed by atoms with Crippen LogP contribution in [0.3, 0.4) is 0 Å². The van der Waals surface area contributed by atoms with Gasteiger partial charge < -0.3 is 19.7 Å². The summed E-state index contributed by atoms with van der Waals surface area (Å²) in [5.74, 6) is -0.933. The maximum Gasteiger partial charge on any atom is 0.320 e. The number of hydrogen-bond donors (Lipinski definition) is 2. The van der Waals surface area contributed by atoms with E-state index in [0.29, 0.717) is 12.8 Å². The SMILES string of the molecule is C=C[C@@]1(C)CC(=O)[C@@]2(O)[C@](C)(O1)[C@@H](OC(=O)CN(C)C)C=C1C(C)(C)CC[C@H](O)[C@@]12C.Cl. The molecular weight excluding hydrogens is 434 g/mol. The minimum atomic E-state index is -2.09. The average molecular weight is 472 g/mol. The van der Waals surface area contributed by atoms with Crippen molar-refractivity contribution in [3.8, 4) is 0 Å². The topological polar surface area (TPSA) is 96.3 Å². The van der Waals surface area contributed by atoms with Crippen LogP contribution in [-0.4, -0.2) is 76.5 Å². The Morgan fingerprint density at radius 2 is 1.91 bits per heavy atom. The van der Waals surface area contributed by atoms with Gasteiger partial charge in [0.05, 0.1) is 23.7 Å². The Morgan fingerprint density at radius 1 is 1.31 bits per heavy atom. The Kier molecular flexibility index (Phi) is 6.92. The number of ketones is 1. The largest absolute Gasteiger partial charge is 0.454 e. The van der Waals surface area contributed by atoms with Gasteiger partial charge in [0.1, 0.15) is 5.60 Å². The van der Waals surface area contributed by atoms with Crippen LogP contribution in [0.1, 0.15) is 53.9 Å². The van der Waals surface area contributed by atoms with Crippen molar-refractivity contribution >= 4 is 24.2 Å². The summed E-state index contributed by atoms with van der Waals surface area (Å²) in [6, 6.07) is 0. The van der Waals surface area contributed by atoms with Gasteiger partial charge >= 0.3 is 5.97 Å². The number of hydrogen-bond acceptors (Lipinski definition) is 7. The van der Waals surface area contributed by atoms with E-state index in [2.05, 4.69) is 6.58 Å². The molecule has 1 saturated carbocycles. The highest BCUT2D eigenvalue weighted by Gasteiger charge is 2.76. The van der Waals surface area contributed by atoms with Crippen LogP contribution in [0.4, 0.5) is 0 Å². The average Bonchev–Trinajstić information content (AvgIpc) is 2.63. The van der Waals surface area contributed by atoms with Crippen molar-refractivity contribution in [3.05, 3.63) is 24.3 Å². The van der Waals surface area contributed by atoms with E-state index in [-0.39, 0.29) is 25.4 Å². The van der Waals surface area contributed by atoms with Crippen LogP contribution in [0.15, 0.2) is 24.3 Å². The number of rotatable bonds is 4. The van der Waals surface area contributed by atoms with Crippen LogP contribution >= 0.6 is 12.4 Å². The van der Waals surface area contributed by atoms with Gasteiger partial charge in [0.15, 0.2) is 17.5 Å². The molecule has 32 heavy (non-hydrogen) atoms. The summed E-state index contributed by atoms with van der Waals surface area (Å²) in [5, 5.41) is 23.4. The van der Waals surface area contributed by atoms with Gasteiger partial charge in [-0.2, -0.15) is 0 Å². The Balaban J connectivity index is 0.00000363. The van der Waals surface area contributed by atoms with Crippen molar-refractivity contribution in [1.29, 1.82) is 0 Å². The first-order valence-corrected chi connectivity index (χ1v) is 10.9. The van der Waals surface area contributed by atoms with Gasteiger partial charge in [0.2, 0.25) is 0 Å². The molecular formula is C24H38ClNO6. The summed E-state index contributed by atoms with van der Waals surface area (Å²) in [4.78, 5) is 28.0. The maximum absolute atomic E-state index is 13.7. The molecule has 0 radical (unpaired) electrons. The van der Waals surface area contributed by atoms with Crippen LogP contribution in [0, 0.1) is 10.8 Å². The maximum atomic E-state index is 13.7. The normalized spacial score (nSPS) is 42.8. The summed E-state index contributed by atoms with van der Waals surface area (Å²) in [5.41, 5.74) is -5.71. The van der Waals surface area contributed by atoms with E-state index in [9.17, 15) is 19.8 Å². The Morgan fingerprint density at radius 3 is 2.44 bits per heavy atom. The summed E-state index contributed by atoms with van der Waals surface area (Å²) in [6.07, 6.45) is 2.41. The number of halogens is 1. The van der Waals surface area contributed by atoms with Crippen molar-refractivity contribution in [2.45, 2.75) is 82.9 Å². The monoisotopic (exact) mass is 471 g/mol. The number of fused-ring (bicyclic) bond motifs is 3. The molecule has 0 spiro atoms. The Labute approximate surface area is 197 Å². The molecule has 0 bridgehead atoms. The van der Waals surface area contributed by atoms with Crippen molar-refractivity contribution in [3.63, 3.8) is 0 Å². The van der Waals surface area contributed by atoms with E-state index in [1.807, 2.05) is 13.8 Å². The van der Waals surface area contributed by atoms with Crippen molar-refractivity contribution in [2.24, 2.45) is 10.8 Å². The zero-order valence-electron chi connectivity index (χ0n) is 20.2. The molecule has 8 heteroatoms. The molecule has 182 valence electrons. The van der Waals surface area contributed by atoms with Gasteiger partial charge in [-0.15, -0.1) is 19.0 Å². The van der Waals surface area contributed by atoms with Crippen molar-refractivity contribution < 1.29 is 29.3 Å². The quantitative estimate of drug-likeness (QED) is 0.480. The molecule has 0 aromatic heterocycles. The fourth-order valence-electron chi connectivity index (χ4n) is 6.03. The first-order valence-electron chi connectivity index (χ1n) is 10.9. The highest BCUT2D eigenvalue weighted by Crippen LogP contribution is 2.64. The van der Waals surface area contributed by atoms with Crippen LogP contribution in [-0.2, 0) is 19.1 Å². The van der Waals surface area contributed by atoms with E-state index < -0.39 is 51.6 Å². The lowest BCUT2D eigenvalue weighted by Gasteiger charge is -2.66. The third-order valence-electron chi connectivity index (χ3n) is 7.82. The van der Waals surface area contributed by atoms with E-state index >= 15 is 0 Å². The molecule has 6 atom stereocenters. The number of carbonyl (C=O) groups is 2. The van der Waals surface area contributed by atoms with Crippen molar-refractivity contribution in [1.82, 2.24) is 4.90 Å². The smallest absolute Gasteiger partial charge is 0.320 e. The van der Waals surface area contributed by atoms with Crippen LogP contribution in [0.5, 0.6) is 0 Å². The minimum Gasteiger partial charge on any atom is -0.454 e. The number of aliphatic hydroxyl groups is 2. The summed E-state index contributed by atoms with van der Waals surface area (Å²) in [6.45, 7) is 13.0. The first kappa shape index (κ1) is 27.0. The lowest BCUT2D eigenvalue weighted by molar-refractivity contribution is -0.305. The number of aliphatic hydroxyl groups excluding tert-OH is 1. The summed E-state index contributed by atoms with van der Waals surface area (Å²) in [7, 11) is 3.51. The van der Waals surface area contributed by atoms with Gasteiger partial charge in [-0.3, -0.25) is 14.5 Å². The molecule has 1 saturated heterocycles. The summed E-state index contributed by atoms with van der Waals surface area (Å²) < 4.78 is 12.2. The predicted octanol–water partition coefficient (Wildman–Crippen LogP) is 2.43. The summed E-state index contributed by atoms with van der Waals surface area (Å²) >= 11 is 0. The molecule has 1 heterocycles. The minimum absolute atomic E-state index is 0. The number of Topliss-reactive ketones (excluding diaryl/α,β-unsaturated/α-hetero) is 1. The third kappa shape index (κ3) is 3.57. The van der Waals surface area contributed by atoms with Crippen LogP contribution < -0.4 is 0 Å². The zero-order valence-corrected chi connectivity index (χ0v) is 21.0. The molecule has 2 fully saturated rings. The van der Waals surface area contributed by atoms with Crippen molar-refractivity contribution in [2.75, 3.05) is 20.6 Å². The number of carbonyl (C=O) groups excluding carboxylic acids is 2. The molecule has 0 amide bonds. The standard InChI is InChI=1S/C24H37NO6.ClH/c1-9-21(4)13-17(27)24(29)22(5)15(20(2,3)11-10-16(22)26)12-18(23(24,6)31-21)30-19(28)14-25(7)8;/h9,12,16,18,26,29H,1,10-11,13-14H2,2-8H3;1H/t16-,18-,21-,22+,23+,24-;/m0./s1. The zero-order chi connectivity index (χ0) is 23.6. The molecule has 3 aliphatic rings. The molecule has 0 aromatic rings. The second-order valence-electron chi connectivity index (χ2n) is 10.9. The molecule has 0 unspecified atom stereocenters. The van der Waals surface area contributed by atoms with Gasteiger partial charge in [0, 0.05) is 6.42 Å². The van der Waals surface area contributed by atoms with Crippen LogP contribution in [0.25, 0.3) is 0 Å². The Bertz CT molecular complexity index is 840. The van der Waals surface area contributed by atoms with E-state index in [1.54, 1.807) is 45.8 Å². The first-order chi connectivity index (χ1) is 14.1. The lowest BCUT2D eigenvalue weighted by atomic mass is 9.44. The van der Waals surface area contributed by atoms with E-state index in [4.69, 9.17) is 9.47 Å². The molecule has 1 aliphatic heterocycles. The third-order valence-corrected chi connectivity index (χ3v) is 7.82. The van der Waals surface area contributed by atoms with Crippen LogP contribution in [0.2, 0.25) is 0 Å². The molecule has 2 aliphatic carbocycles. The number of esters is 1. The second kappa shape index (κ2) is 8.20. The Hall–Kier alpha value is -1.25. The molecule has 7 nitrogen and oxygen atoms in total. The van der Waals surface area contributed by atoms with Gasteiger partial charge in [-0.1, -0.05) is 25.5 Å². The number of ether oxygens (including phenoxy) is 2. The number of likely N-dealkylation sites (N-methyl/N-ethyl adjacent to an activating group) is 1. The molecule has 2 N–H and O–H groups in total. The fraction of sp³-hybridized carbons (Fsp3) is 0.750. The van der Waals surface area contributed by atoms with Gasteiger partial charge in [-0.05, 0) is 59.2 Å². The van der Waals surface area contributed by atoms with E-state index in [1.165, 1.54) is 6.08 Å². The number of nitrogens with zero attached hydrogens (tertiary/aromatic N) is 1. The predicted molar refractivity (Wildman–Crippen MR) is 124 cm³/mol. The van der Waals surface area contributed by atoms with Gasteiger partial charge in [-0.25, -0.2) is 0 Å². The lowest BCUT2D eigenvalue weighted by Crippen LogP contribution is -2.81.